The molecular formula is C12H14ClNO5. The fraction of sp³-hybridized carbons (Fsp3) is 0.417. The highest BCUT2D eigenvalue weighted by Gasteiger charge is 2.24. The molecule has 0 saturated heterocycles. The lowest BCUT2D eigenvalue weighted by Gasteiger charge is -2.06. The molecule has 0 aliphatic carbocycles. The van der Waals surface area contributed by atoms with Crippen molar-refractivity contribution < 1.29 is 19.2 Å². The Bertz CT molecular complexity index is 463. The third-order valence-electron chi connectivity index (χ3n) is 2.20. The van der Waals surface area contributed by atoms with Gasteiger partial charge in [-0.05, 0) is 18.6 Å². The van der Waals surface area contributed by atoms with E-state index in [1.165, 1.54) is 18.2 Å². The summed E-state index contributed by atoms with van der Waals surface area (Å²) < 4.78 is 10.0. The van der Waals surface area contributed by atoms with Crippen molar-refractivity contribution >= 4 is 23.3 Å². The maximum atomic E-state index is 11.7. The predicted molar refractivity (Wildman–Crippen MR) is 69.5 cm³/mol. The minimum atomic E-state index is -0.783. The van der Waals surface area contributed by atoms with E-state index in [2.05, 4.69) is 0 Å². The lowest BCUT2D eigenvalue weighted by Crippen LogP contribution is -2.12. The van der Waals surface area contributed by atoms with Gasteiger partial charge in [-0.15, -0.1) is 0 Å². The molecule has 1 aromatic carbocycles. The van der Waals surface area contributed by atoms with Crippen LogP contribution in [-0.4, -0.2) is 30.7 Å². The summed E-state index contributed by atoms with van der Waals surface area (Å²) in [6.45, 7) is 2.84. The molecule has 0 spiro atoms. The molecule has 6 nitrogen and oxygen atoms in total. The van der Waals surface area contributed by atoms with Crippen LogP contribution in [0.2, 0.25) is 5.02 Å². The number of ether oxygens (including phenoxy) is 2. The number of halogens is 1. The second kappa shape index (κ2) is 7.70. The Balaban J connectivity index is 2.67. The SMILES string of the molecule is CCCOCCOC(=O)c1cccc(Cl)c1[N+](=O)[O-]. The van der Waals surface area contributed by atoms with Gasteiger partial charge in [-0.3, -0.25) is 10.1 Å². The Morgan fingerprint density at radius 2 is 2.11 bits per heavy atom. The van der Waals surface area contributed by atoms with E-state index >= 15 is 0 Å². The quantitative estimate of drug-likeness (QED) is 0.333. The van der Waals surface area contributed by atoms with Crippen LogP contribution in [0, 0.1) is 10.1 Å². The molecule has 0 bridgehead atoms. The van der Waals surface area contributed by atoms with E-state index in [4.69, 9.17) is 21.1 Å². The molecule has 1 aromatic rings. The number of rotatable bonds is 7. The number of para-hydroxylation sites is 1. The highest BCUT2D eigenvalue weighted by molar-refractivity contribution is 6.33. The van der Waals surface area contributed by atoms with Crippen molar-refractivity contribution in [1.82, 2.24) is 0 Å². The number of carbonyl (C=O) groups excluding carboxylic acids is 1. The Labute approximate surface area is 115 Å². The summed E-state index contributed by atoms with van der Waals surface area (Å²) in [5.41, 5.74) is -0.600. The van der Waals surface area contributed by atoms with Crippen LogP contribution < -0.4 is 0 Å². The van der Waals surface area contributed by atoms with E-state index < -0.39 is 16.6 Å². The second-order valence-corrected chi connectivity index (χ2v) is 4.05. The number of carbonyl (C=O) groups is 1. The van der Waals surface area contributed by atoms with Crippen LogP contribution >= 0.6 is 11.6 Å². The molecule has 1 rings (SSSR count). The summed E-state index contributed by atoms with van der Waals surface area (Å²) in [5.74, 6) is -0.783. The van der Waals surface area contributed by atoms with Gasteiger partial charge in [0.2, 0.25) is 0 Å². The number of esters is 1. The van der Waals surface area contributed by atoms with E-state index in [0.29, 0.717) is 6.61 Å². The van der Waals surface area contributed by atoms with Gasteiger partial charge in [-0.25, -0.2) is 4.79 Å². The first-order valence-corrected chi connectivity index (χ1v) is 6.13. The van der Waals surface area contributed by atoms with Gasteiger partial charge in [0.05, 0.1) is 11.5 Å². The number of nitrogens with zero attached hydrogens (tertiary/aromatic N) is 1. The largest absolute Gasteiger partial charge is 0.459 e. The standard InChI is InChI=1S/C12H14ClNO5/c1-2-6-18-7-8-19-12(15)9-4-3-5-10(13)11(9)14(16)17/h3-5H,2,6-8H2,1H3. The van der Waals surface area contributed by atoms with Gasteiger partial charge < -0.3 is 9.47 Å². The number of benzene rings is 1. The van der Waals surface area contributed by atoms with Crippen molar-refractivity contribution in [3.63, 3.8) is 0 Å². The molecule has 0 amide bonds. The van der Waals surface area contributed by atoms with Crippen molar-refractivity contribution in [2.75, 3.05) is 19.8 Å². The summed E-state index contributed by atoms with van der Waals surface area (Å²) in [5, 5.41) is 10.8. The Kier molecular flexibility index (Phi) is 6.24. The van der Waals surface area contributed by atoms with E-state index in [1.807, 2.05) is 6.92 Å². The number of nitro groups is 1. The topological polar surface area (TPSA) is 78.7 Å². The maximum absolute atomic E-state index is 11.7. The van der Waals surface area contributed by atoms with Gasteiger partial charge >= 0.3 is 11.7 Å². The van der Waals surface area contributed by atoms with E-state index in [9.17, 15) is 14.9 Å². The zero-order valence-corrected chi connectivity index (χ0v) is 11.2. The summed E-state index contributed by atoms with van der Waals surface area (Å²) >= 11 is 5.70. The van der Waals surface area contributed by atoms with Gasteiger partial charge in [0, 0.05) is 6.61 Å². The van der Waals surface area contributed by atoms with Crippen LogP contribution in [-0.2, 0) is 9.47 Å². The third kappa shape index (κ3) is 4.50. The molecule has 0 aromatic heterocycles. The van der Waals surface area contributed by atoms with Crippen LogP contribution in [0.25, 0.3) is 0 Å². The van der Waals surface area contributed by atoms with Gasteiger partial charge in [-0.2, -0.15) is 0 Å². The molecule has 0 aliphatic heterocycles. The molecule has 0 radical (unpaired) electrons. The summed E-state index contributed by atoms with van der Waals surface area (Å²) in [7, 11) is 0. The van der Waals surface area contributed by atoms with E-state index in [1.54, 1.807) is 0 Å². The molecule has 0 atom stereocenters. The second-order valence-electron chi connectivity index (χ2n) is 3.64. The fourth-order valence-corrected chi connectivity index (χ4v) is 1.63. The fourth-order valence-electron chi connectivity index (χ4n) is 1.38. The zero-order chi connectivity index (χ0) is 14.3. The lowest BCUT2D eigenvalue weighted by atomic mass is 10.2. The first kappa shape index (κ1) is 15.4. The van der Waals surface area contributed by atoms with Crippen LogP contribution in [0.4, 0.5) is 5.69 Å². The molecule has 19 heavy (non-hydrogen) atoms. The van der Waals surface area contributed by atoms with Crippen LogP contribution in [0.3, 0.4) is 0 Å². The molecule has 0 fully saturated rings. The zero-order valence-electron chi connectivity index (χ0n) is 10.4. The molecular weight excluding hydrogens is 274 g/mol. The molecule has 0 heterocycles. The third-order valence-corrected chi connectivity index (χ3v) is 2.50. The van der Waals surface area contributed by atoms with Crippen molar-refractivity contribution in [3.05, 3.63) is 38.9 Å². The summed E-state index contributed by atoms with van der Waals surface area (Å²) in [4.78, 5) is 21.9. The minimum absolute atomic E-state index is 0.0441. The Morgan fingerprint density at radius 1 is 1.37 bits per heavy atom. The summed E-state index contributed by atoms with van der Waals surface area (Å²) in [6.07, 6.45) is 0.869. The minimum Gasteiger partial charge on any atom is -0.459 e. The van der Waals surface area contributed by atoms with Crippen LogP contribution in [0.1, 0.15) is 23.7 Å². The number of hydrogen-bond donors (Lipinski definition) is 0. The highest BCUT2D eigenvalue weighted by atomic mass is 35.5. The normalized spacial score (nSPS) is 10.2. The highest BCUT2D eigenvalue weighted by Crippen LogP contribution is 2.28. The number of nitro benzene ring substituents is 1. The van der Waals surface area contributed by atoms with Crippen molar-refractivity contribution in [2.24, 2.45) is 0 Å². The monoisotopic (exact) mass is 287 g/mol. The Morgan fingerprint density at radius 3 is 2.74 bits per heavy atom. The van der Waals surface area contributed by atoms with Gasteiger partial charge in [0.25, 0.3) is 0 Å². The lowest BCUT2D eigenvalue weighted by molar-refractivity contribution is -0.385. The van der Waals surface area contributed by atoms with Gasteiger partial charge in [0.15, 0.2) is 0 Å². The molecule has 0 saturated carbocycles. The number of hydrogen-bond acceptors (Lipinski definition) is 5. The van der Waals surface area contributed by atoms with Crippen molar-refractivity contribution in [3.8, 4) is 0 Å². The van der Waals surface area contributed by atoms with Crippen molar-refractivity contribution in [1.29, 1.82) is 0 Å². The average Bonchev–Trinajstić information content (AvgIpc) is 2.37. The molecule has 0 aliphatic rings. The Hall–Kier alpha value is -1.66. The summed E-state index contributed by atoms with van der Waals surface area (Å²) in [6, 6.07) is 4.11. The van der Waals surface area contributed by atoms with Crippen molar-refractivity contribution in [2.45, 2.75) is 13.3 Å². The molecule has 0 unspecified atom stereocenters. The van der Waals surface area contributed by atoms with Crippen LogP contribution in [0.5, 0.6) is 0 Å². The molecule has 0 N–H and O–H groups in total. The first-order valence-electron chi connectivity index (χ1n) is 5.75. The maximum Gasteiger partial charge on any atom is 0.345 e. The average molecular weight is 288 g/mol. The van der Waals surface area contributed by atoms with Crippen LogP contribution in [0.15, 0.2) is 18.2 Å². The predicted octanol–water partition coefficient (Wildman–Crippen LogP) is 2.83. The first-order chi connectivity index (χ1) is 9.07. The van der Waals surface area contributed by atoms with E-state index in [0.717, 1.165) is 6.42 Å². The van der Waals surface area contributed by atoms with Gasteiger partial charge in [0.1, 0.15) is 17.2 Å². The molecule has 104 valence electrons. The molecule has 7 heteroatoms. The smallest absolute Gasteiger partial charge is 0.345 e. The van der Waals surface area contributed by atoms with E-state index in [-0.39, 0.29) is 23.8 Å². The van der Waals surface area contributed by atoms with Gasteiger partial charge in [-0.1, -0.05) is 24.6 Å².